The second kappa shape index (κ2) is 5.71. The third-order valence-electron chi connectivity index (χ3n) is 3.03. The van der Waals surface area contributed by atoms with Crippen LogP contribution in [0.25, 0.3) is 0 Å². The normalized spacial score (nSPS) is 18.1. The molecule has 8 heteroatoms. The molecule has 0 saturated carbocycles. The average Bonchev–Trinajstić information content (AvgIpc) is 2.38. The van der Waals surface area contributed by atoms with E-state index < -0.39 is 32.7 Å². The van der Waals surface area contributed by atoms with E-state index in [1.54, 1.807) is 0 Å². The van der Waals surface area contributed by atoms with Gasteiger partial charge in [-0.3, -0.25) is 0 Å². The van der Waals surface area contributed by atoms with E-state index in [2.05, 4.69) is 4.72 Å². The van der Waals surface area contributed by atoms with Gasteiger partial charge < -0.3 is 4.74 Å². The van der Waals surface area contributed by atoms with Crippen LogP contribution in [-0.4, -0.2) is 27.7 Å². The van der Waals surface area contributed by atoms with Gasteiger partial charge in [-0.1, -0.05) is 12.1 Å². The van der Waals surface area contributed by atoms with Crippen LogP contribution in [0.4, 0.5) is 13.2 Å². The number of alkyl halides is 3. The maximum atomic E-state index is 12.8. The van der Waals surface area contributed by atoms with Crippen LogP contribution in [0.15, 0.2) is 29.2 Å². The third kappa shape index (κ3) is 3.50. The highest BCUT2D eigenvalue weighted by Crippen LogP contribution is 2.34. The number of ether oxygens (including phenoxy) is 1. The molecule has 4 nitrogen and oxygen atoms in total. The molecule has 2 rings (SSSR count). The average molecular weight is 309 g/mol. The Balaban J connectivity index is 2.29. The fraction of sp³-hybridized carbons (Fsp3) is 0.500. The van der Waals surface area contributed by atoms with Gasteiger partial charge in [0.25, 0.3) is 0 Å². The number of nitrogens with one attached hydrogen (secondary N) is 1. The first-order valence-electron chi connectivity index (χ1n) is 6.07. The van der Waals surface area contributed by atoms with Gasteiger partial charge in [-0.05, 0) is 25.0 Å². The SMILES string of the molecule is O=S(=O)(NC1CCOCC1)c1ccccc1C(F)(F)F. The lowest BCUT2D eigenvalue weighted by atomic mass is 10.1. The molecule has 1 saturated heterocycles. The zero-order chi connectivity index (χ0) is 14.8. The molecule has 1 heterocycles. The van der Waals surface area contributed by atoms with E-state index in [9.17, 15) is 21.6 Å². The van der Waals surface area contributed by atoms with E-state index >= 15 is 0 Å². The molecule has 0 radical (unpaired) electrons. The van der Waals surface area contributed by atoms with Crippen LogP contribution in [-0.2, 0) is 20.9 Å². The highest BCUT2D eigenvalue weighted by Gasteiger charge is 2.37. The summed E-state index contributed by atoms with van der Waals surface area (Å²) < 4.78 is 70.2. The first-order valence-corrected chi connectivity index (χ1v) is 7.55. The molecule has 0 bridgehead atoms. The van der Waals surface area contributed by atoms with Crippen molar-refractivity contribution in [3.8, 4) is 0 Å². The van der Waals surface area contributed by atoms with Gasteiger partial charge in [-0.15, -0.1) is 0 Å². The molecule has 0 aliphatic carbocycles. The number of hydrogen-bond acceptors (Lipinski definition) is 3. The zero-order valence-corrected chi connectivity index (χ0v) is 11.3. The lowest BCUT2D eigenvalue weighted by molar-refractivity contribution is -0.139. The molecule has 20 heavy (non-hydrogen) atoms. The summed E-state index contributed by atoms with van der Waals surface area (Å²) in [5, 5.41) is 0. The van der Waals surface area contributed by atoms with E-state index in [0.717, 1.165) is 18.2 Å². The summed E-state index contributed by atoms with van der Waals surface area (Å²) in [6.07, 6.45) is -3.80. The fourth-order valence-corrected chi connectivity index (χ4v) is 3.57. The van der Waals surface area contributed by atoms with Crippen LogP contribution in [0, 0.1) is 0 Å². The summed E-state index contributed by atoms with van der Waals surface area (Å²) >= 11 is 0. The van der Waals surface area contributed by atoms with Crippen molar-refractivity contribution < 1.29 is 26.3 Å². The van der Waals surface area contributed by atoms with Crippen LogP contribution in [0.1, 0.15) is 18.4 Å². The summed E-state index contributed by atoms with van der Waals surface area (Å²) in [4.78, 5) is -0.737. The van der Waals surface area contributed by atoms with Crippen molar-refractivity contribution in [2.45, 2.75) is 30.0 Å². The minimum atomic E-state index is -4.71. The van der Waals surface area contributed by atoms with Gasteiger partial charge in [0.2, 0.25) is 10.0 Å². The van der Waals surface area contributed by atoms with Crippen LogP contribution in [0.5, 0.6) is 0 Å². The van der Waals surface area contributed by atoms with Crippen LogP contribution in [0.2, 0.25) is 0 Å². The number of hydrogen-bond donors (Lipinski definition) is 1. The van der Waals surface area contributed by atoms with Gasteiger partial charge in [0.15, 0.2) is 0 Å². The smallest absolute Gasteiger partial charge is 0.381 e. The van der Waals surface area contributed by atoms with Crippen LogP contribution < -0.4 is 4.72 Å². The molecule has 1 fully saturated rings. The summed E-state index contributed by atoms with van der Waals surface area (Å²) in [7, 11) is -4.20. The second-order valence-electron chi connectivity index (χ2n) is 4.50. The van der Waals surface area contributed by atoms with Crippen molar-refractivity contribution >= 4 is 10.0 Å². The fourth-order valence-electron chi connectivity index (χ4n) is 2.03. The summed E-state index contributed by atoms with van der Waals surface area (Å²) in [5.41, 5.74) is -1.15. The van der Waals surface area contributed by atoms with Gasteiger partial charge in [-0.2, -0.15) is 13.2 Å². The number of sulfonamides is 1. The monoisotopic (exact) mass is 309 g/mol. The van der Waals surface area contributed by atoms with Crippen molar-refractivity contribution in [1.29, 1.82) is 0 Å². The van der Waals surface area contributed by atoms with Crippen molar-refractivity contribution in [1.82, 2.24) is 4.72 Å². The third-order valence-corrected chi connectivity index (χ3v) is 4.60. The minimum absolute atomic E-state index is 0.393. The molecular weight excluding hydrogens is 295 g/mol. The Morgan fingerprint density at radius 2 is 1.75 bits per heavy atom. The highest BCUT2D eigenvalue weighted by molar-refractivity contribution is 7.89. The highest BCUT2D eigenvalue weighted by atomic mass is 32.2. The molecule has 0 spiro atoms. The van der Waals surface area contributed by atoms with Crippen molar-refractivity contribution in [2.75, 3.05) is 13.2 Å². The lowest BCUT2D eigenvalue weighted by Gasteiger charge is -2.23. The Labute approximate surface area is 115 Å². The Morgan fingerprint density at radius 3 is 2.35 bits per heavy atom. The Morgan fingerprint density at radius 1 is 1.15 bits per heavy atom. The predicted molar refractivity (Wildman–Crippen MR) is 65.6 cm³/mol. The minimum Gasteiger partial charge on any atom is -0.381 e. The molecule has 0 atom stereocenters. The molecule has 1 aliphatic heterocycles. The number of halogens is 3. The molecule has 112 valence electrons. The van der Waals surface area contributed by atoms with Crippen molar-refractivity contribution in [3.63, 3.8) is 0 Å². The van der Waals surface area contributed by atoms with E-state index in [1.165, 1.54) is 6.07 Å². The Hall–Kier alpha value is -1.12. The summed E-state index contributed by atoms with van der Waals surface area (Å²) in [5.74, 6) is 0. The molecule has 0 amide bonds. The Kier molecular flexibility index (Phi) is 4.36. The van der Waals surface area contributed by atoms with Gasteiger partial charge >= 0.3 is 6.18 Å². The number of benzene rings is 1. The maximum absolute atomic E-state index is 12.8. The van der Waals surface area contributed by atoms with Crippen LogP contribution in [0.3, 0.4) is 0 Å². The summed E-state index contributed by atoms with van der Waals surface area (Å²) in [6.45, 7) is 0.794. The predicted octanol–water partition coefficient (Wildman–Crippen LogP) is 2.16. The van der Waals surface area contributed by atoms with Crippen molar-refractivity contribution in [2.24, 2.45) is 0 Å². The maximum Gasteiger partial charge on any atom is 0.417 e. The molecule has 0 unspecified atom stereocenters. The van der Waals surface area contributed by atoms with Gasteiger partial charge in [0.1, 0.15) is 0 Å². The molecule has 1 N–H and O–H groups in total. The lowest BCUT2D eigenvalue weighted by Crippen LogP contribution is -2.39. The first kappa shape index (κ1) is 15.3. The van der Waals surface area contributed by atoms with Crippen molar-refractivity contribution in [3.05, 3.63) is 29.8 Å². The second-order valence-corrected chi connectivity index (χ2v) is 6.18. The van der Waals surface area contributed by atoms with Gasteiger partial charge in [0, 0.05) is 19.3 Å². The molecule has 0 aromatic heterocycles. The largest absolute Gasteiger partial charge is 0.417 e. The molecule has 1 aromatic carbocycles. The van der Waals surface area contributed by atoms with E-state index in [0.29, 0.717) is 26.1 Å². The van der Waals surface area contributed by atoms with Crippen LogP contribution >= 0.6 is 0 Å². The van der Waals surface area contributed by atoms with E-state index in [-0.39, 0.29) is 0 Å². The van der Waals surface area contributed by atoms with Gasteiger partial charge in [0.05, 0.1) is 10.5 Å². The number of rotatable bonds is 3. The molecular formula is C12H14F3NO3S. The first-order chi connectivity index (χ1) is 9.31. The van der Waals surface area contributed by atoms with E-state index in [1.807, 2.05) is 0 Å². The molecule has 1 aromatic rings. The molecule has 1 aliphatic rings. The van der Waals surface area contributed by atoms with E-state index in [4.69, 9.17) is 4.74 Å². The topological polar surface area (TPSA) is 55.4 Å². The Bertz CT molecular complexity index is 566. The quantitative estimate of drug-likeness (QED) is 0.931. The standard InChI is InChI=1S/C12H14F3NO3S/c13-12(14,15)10-3-1-2-4-11(10)20(17,18)16-9-5-7-19-8-6-9/h1-4,9,16H,5-8H2. The summed E-state index contributed by atoms with van der Waals surface area (Å²) in [6, 6.07) is 3.77. The zero-order valence-electron chi connectivity index (χ0n) is 10.5. The van der Waals surface area contributed by atoms with Gasteiger partial charge in [-0.25, -0.2) is 13.1 Å².